The fourth-order valence-corrected chi connectivity index (χ4v) is 3.04. The quantitative estimate of drug-likeness (QED) is 0.852. The van der Waals surface area contributed by atoms with Gasteiger partial charge in [0.1, 0.15) is 12.3 Å². The first-order valence-corrected chi connectivity index (χ1v) is 8.34. The lowest BCUT2D eigenvalue weighted by atomic mass is 10.1. The molecule has 0 spiro atoms. The standard InChI is InChI=1S/C18H23N3O3/c1-12-8-9-16(19-10-12)17-15(13(2)20-24-17)11-23-18(22)21(3)14-6-4-5-7-14/h8-10,14H,4-7,11H2,1-3H3. The van der Waals surface area contributed by atoms with Crippen molar-refractivity contribution >= 4 is 6.09 Å². The predicted molar refractivity (Wildman–Crippen MR) is 89.4 cm³/mol. The van der Waals surface area contributed by atoms with Crippen LogP contribution in [0.5, 0.6) is 0 Å². The van der Waals surface area contributed by atoms with Gasteiger partial charge >= 0.3 is 6.09 Å². The number of ether oxygens (including phenoxy) is 1. The predicted octanol–water partition coefficient (Wildman–Crippen LogP) is 3.86. The molecule has 2 aromatic rings. The minimum absolute atomic E-state index is 0.135. The van der Waals surface area contributed by atoms with Crippen LogP contribution in [0.1, 0.15) is 42.5 Å². The zero-order valence-electron chi connectivity index (χ0n) is 14.4. The summed E-state index contributed by atoms with van der Waals surface area (Å²) < 4.78 is 10.9. The molecule has 0 atom stereocenters. The van der Waals surface area contributed by atoms with E-state index in [9.17, 15) is 4.79 Å². The number of nitrogens with zero attached hydrogens (tertiary/aromatic N) is 3. The Kier molecular flexibility index (Phi) is 4.83. The molecule has 1 amide bonds. The van der Waals surface area contributed by atoms with Gasteiger partial charge < -0.3 is 14.2 Å². The van der Waals surface area contributed by atoms with Crippen LogP contribution in [0, 0.1) is 13.8 Å². The molecule has 0 aromatic carbocycles. The Morgan fingerprint density at radius 1 is 1.33 bits per heavy atom. The maximum atomic E-state index is 12.3. The number of hydrogen-bond acceptors (Lipinski definition) is 5. The highest BCUT2D eigenvalue weighted by molar-refractivity contribution is 5.68. The molecule has 1 saturated carbocycles. The molecule has 0 radical (unpaired) electrons. The van der Waals surface area contributed by atoms with E-state index in [1.165, 1.54) is 12.8 Å². The van der Waals surface area contributed by atoms with Gasteiger partial charge in [-0.15, -0.1) is 0 Å². The van der Waals surface area contributed by atoms with E-state index in [4.69, 9.17) is 9.26 Å². The fourth-order valence-electron chi connectivity index (χ4n) is 3.04. The first-order chi connectivity index (χ1) is 11.6. The van der Waals surface area contributed by atoms with Crippen molar-refractivity contribution in [2.45, 2.75) is 52.2 Å². The monoisotopic (exact) mass is 329 g/mol. The fraction of sp³-hybridized carbons (Fsp3) is 0.500. The van der Waals surface area contributed by atoms with Gasteiger partial charge in [-0.1, -0.05) is 24.1 Å². The molecule has 2 heterocycles. The maximum Gasteiger partial charge on any atom is 0.410 e. The van der Waals surface area contributed by atoms with E-state index in [1.54, 1.807) is 18.1 Å². The van der Waals surface area contributed by atoms with E-state index in [-0.39, 0.29) is 12.7 Å². The van der Waals surface area contributed by atoms with Gasteiger partial charge in [0.25, 0.3) is 0 Å². The molecule has 6 heteroatoms. The van der Waals surface area contributed by atoms with Crippen LogP contribution < -0.4 is 0 Å². The van der Waals surface area contributed by atoms with Crippen molar-refractivity contribution in [2.75, 3.05) is 7.05 Å². The highest BCUT2D eigenvalue weighted by atomic mass is 16.6. The Hall–Kier alpha value is -2.37. The van der Waals surface area contributed by atoms with Crippen LogP contribution in [0.2, 0.25) is 0 Å². The summed E-state index contributed by atoms with van der Waals surface area (Å²) in [5.74, 6) is 0.559. The first kappa shape index (κ1) is 16.5. The van der Waals surface area contributed by atoms with Crippen molar-refractivity contribution in [3.63, 3.8) is 0 Å². The van der Waals surface area contributed by atoms with Gasteiger partial charge in [0.15, 0.2) is 5.76 Å². The molecule has 1 aliphatic rings. The van der Waals surface area contributed by atoms with Crippen LogP contribution in [-0.4, -0.2) is 34.2 Å². The van der Waals surface area contributed by atoms with Crippen LogP contribution in [-0.2, 0) is 11.3 Å². The normalized spacial score (nSPS) is 14.8. The molecule has 6 nitrogen and oxygen atoms in total. The largest absolute Gasteiger partial charge is 0.444 e. The molecule has 3 rings (SSSR count). The summed E-state index contributed by atoms with van der Waals surface area (Å²) in [5.41, 5.74) is 3.24. The average molecular weight is 329 g/mol. The zero-order chi connectivity index (χ0) is 17.1. The van der Waals surface area contributed by atoms with Gasteiger partial charge in [-0.2, -0.15) is 0 Å². The number of carbonyl (C=O) groups excluding carboxylic acids is 1. The zero-order valence-corrected chi connectivity index (χ0v) is 14.4. The molecule has 24 heavy (non-hydrogen) atoms. The Morgan fingerprint density at radius 2 is 2.08 bits per heavy atom. The number of hydrogen-bond donors (Lipinski definition) is 0. The lowest BCUT2D eigenvalue weighted by molar-refractivity contribution is 0.0917. The lowest BCUT2D eigenvalue weighted by Crippen LogP contribution is -2.35. The Bertz CT molecular complexity index is 703. The van der Waals surface area contributed by atoms with E-state index in [2.05, 4.69) is 10.1 Å². The van der Waals surface area contributed by atoms with Crippen molar-refractivity contribution < 1.29 is 14.1 Å². The number of carbonyl (C=O) groups is 1. The molecule has 128 valence electrons. The summed E-state index contributed by atoms with van der Waals surface area (Å²) in [5, 5.41) is 4.00. The third-order valence-corrected chi connectivity index (χ3v) is 4.63. The second-order valence-electron chi connectivity index (χ2n) is 6.40. The average Bonchev–Trinajstić information content (AvgIpc) is 3.23. The van der Waals surface area contributed by atoms with Crippen molar-refractivity contribution in [1.82, 2.24) is 15.0 Å². The number of aromatic nitrogens is 2. The van der Waals surface area contributed by atoms with Crippen molar-refractivity contribution in [2.24, 2.45) is 0 Å². The van der Waals surface area contributed by atoms with Gasteiger partial charge in [-0.25, -0.2) is 4.79 Å². The second kappa shape index (κ2) is 7.03. The van der Waals surface area contributed by atoms with E-state index in [0.717, 1.165) is 24.0 Å². The highest BCUT2D eigenvalue weighted by Crippen LogP contribution is 2.26. The third kappa shape index (κ3) is 3.42. The number of aryl methyl sites for hydroxylation is 2. The van der Waals surface area contributed by atoms with Crippen LogP contribution in [0.4, 0.5) is 4.79 Å². The molecule has 1 aliphatic carbocycles. The topological polar surface area (TPSA) is 68.5 Å². The number of pyridine rings is 1. The number of rotatable bonds is 4. The Balaban J connectivity index is 1.70. The smallest absolute Gasteiger partial charge is 0.410 e. The molecule has 2 aromatic heterocycles. The SMILES string of the molecule is Cc1ccc(-c2onc(C)c2COC(=O)N(C)C2CCCC2)nc1. The maximum absolute atomic E-state index is 12.3. The van der Waals surface area contributed by atoms with E-state index in [0.29, 0.717) is 23.2 Å². The van der Waals surface area contributed by atoms with E-state index in [1.807, 2.05) is 26.0 Å². The molecule has 0 aliphatic heterocycles. The minimum Gasteiger partial charge on any atom is -0.444 e. The molecule has 0 N–H and O–H groups in total. The first-order valence-electron chi connectivity index (χ1n) is 8.34. The van der Waals surface area contributed by atoms with Crippen molar-refractivity contribution in [1.29, 1.82) is 0 Å². The Morgan fingerprint density at radius 3 is 2.75 bits per heavy atom. The summed E-state index contributed by atoms with van der Waals surface area (Å²) in [4.78, 5) is 18.3. The van der Waals surface area contributed by atoms with Gasteiger partial charge in [-0.05, 0) is 38.3 Å². The molecular formula is C18H23N3O3. The van der Waals surface area contributed by atoms with Gasteiger partial charge in [0.05, 0.1) is 11.3 Å². The van der Waals surface area contributed by atoms with E-state index >= 15 is 0 Å². The summed E-state index contributed by atoms with van der Waals surface area (Å²) >= 11 is 0. The molecule has 0 bridgehead atoms. The third-order valence-electron chi connectivity index (χ3n) is 4.63. The minimum atomic E-state index is -0.301. The summed E-state index contributed by atoms with van der Waals surface area (Å²) in [6, 6.07) is 4.13. The number of amides is 1. The van der Waals surface area contributed by atoms with Gasteiger partial charge in [-0.3, -0.25) is 4.98 Å². The van der Waals surface area contributed by atoms with E-state index < -0.39 is 0 Å². The van der Waals surface area contributed by atoms with Crippen molar-refractivity contribution in [3.8, 4) is 11.5 Å². The lowest BCUT2D eigenvalue weighted by Gasteiger charge is -2.23. The Labute approximate surface area is 141 Å². The molecule has 0 saturated heterocycles. The van der Waals surface area contributed by atoms with Crippen LogP contribution >= 0.6 is 0 Å². The summed E-state index contributed by atoms with van der Waals surface area (Å²) in [6.45, 7) is 3.95. The van der Waals surface area contributed by atoms with Crippen molar-refractivity contribution in [3.05, 3.63) is 35.2 Å². The molecular weight excluding hydrogens is 306 g/mol. The highest BCUT2D eigenvalue weighted by Gasteiger charge is 2.25. The molecule has 0 unspecified atom stereocenters. The van der Waals surface area contributed by atoms with Crippen LogP contribution in [0.25, 0.3) is 11.5 Å². The molecule has 1 fully saturated rings. The van der Waals surface area contributed by atoms with Crippen LogP contribution in [0.15, 0.2) is 22.9 Å². The van der Waals surface area contributed by atoms with Gasteiger partial charge in [0.2, 0.25) is 0 Å². The second-order valence-corrected chi connectivity index (χ2v) is 6.40. The van der Waals surface area contributed by atoms with Crippen LogP contribution in [0.3, 0.4) is 0 Å². The van der Waals surface area contributed by atoms with Gasteiger partial charge in [0, 0.05) is 19.3 Å². The summed E-state index contributed by atoms with van der Waals surface area (Å²) in [7, 11) is 1.81. The summed E-state index contributed by atoms with van der Waals surface area (Å²) in [6.07, 6.45) is 5.93.